The first-order chi connectivity index (χ1) is 27.7. The maximum atomic E-state index is 13.3. The Morgan fingerprint density at radius 3 is 2.28 bits per heavy atom. The monoisotopic (exact) mass is 774 g/mol. The summed E-state index contributed by atoms with van der Waals surface area (Å²) in [7, 11) is 1.61. The predicted octanol–water partition coefficient (Wildman–Crippen LogP) is 5.89. The van der Waals surface area contributed by atoms with Gasteiger partial charge in [-0.15, -0.1) is 0 Å². The Balaban J connectivity index is 0.861. The third kappa shape index (κ3) is 9.74. The summed E-state index contributed by atoms with van der Waals surface area (Å²) in [5.41, 5.74) is 4.47. The molecule has 298 valence electrons. The second-order valence-electron chi connectivity index (χ2n) is 14.4. The second-order valence-corrected chi connectivity index (χ2v) is 14.4. The number of pyridine rings is 1. The van der Waals surface area contributed by atoms with E-state index in [0.29, 0.717) is 17.8 Å². The molecule has 0 spiro atoms. The van der Waals surface area contributed by atoms with Crippen LogP contribution < -0.4 is 31.9 Å². The summed E-state index contributed by atoms with van der Waals surface area (Å²) in [5.74, 6) is -2.75. The van der Waals surface area contributed by atoms with Crippen LogP contribution in [-0.4, -0.2) is 77.5 Å². The number of rotatable bonds is 19. The van der Waals surface area contributed by atoms with E-state index >= 15 is 0 Å². The van der Waals surface area contributed by atoms with E-state index in [1.54, 1.807) is 32.3 Å². The van der Waals surface area contributed by atoms with Gasteiger partial charge in [0.1, 0.15) is 12.1 Å². The topological polar surface area (TPSA) is 191 Å². The lowest BCUT2D eigenvalue weighted by Gasteiger charge is -2.27. The quantitative estimate of drug-likeness (QED) is 0.0495. The maximum absolute atomic E-state index is 13.3. The molecule has 6 amide bonds. The third-order valence-electron chi connectivity index (χ3n) is 10.3. The highest BCUT2D eigenvalue weighted by Gasteiger charge is 2.45. The van der Waals surface area contributed by atoms with Crippen LogP contribution in [0.5, 0.6) is 0 Å². The van der Waals surface area contributed by atoms with Gasteiger partial charge in [0, 0.05) is 55.2 Å². The van der Waals surface area contributed by atoms with Crippen molar-refractivity contribution in [1.82, 2.24) is 25.8 Å². The summed E-state index contributed by atoms with van der Waals surface area (Å²) >= 11 is 0. The average molecular weight is 775 g/mol. The molecule has 3 aromatic carbocycles. The summed E-state index contributed by atoms with van der Waals surface area (Å²) < 4.78 is 0. The van der Waals surface area contributed by atoms with Gasteiger partial charge in [-0.25, -0.2) is 0 Å². The number of unbranched alkanes of at least 4 members (excludes halogenated alkanes) is 7. The molecule has 14 nitrogen and oxygen atoms in total. The van der Waals surface area contributed by atoms with Crippen LogP contribution in [0.3, 0.4) is 0 Å². The highest BCUT2D eigenvalue weighted by atomic mass is 16.2. The van der Waals surface area contributed by atoms with Crippen molar-refractivity contribution in [3.05, 3.63) is 89.6 Å². The largest absolute Gasteiger partial charge is 0.385 e. The van der Waals surface area contributed by atoms with Crippen LogP contribution in [0.1, 0.15) is 102 Å². The van der Waals surface area contributed by atoms with Crippen LogP contribution in [0.4, 0.5) is 22.7 Å². The number of amides is 6. The number of carbonyl (C=O) groups excluding carboxylic acids is 6. The summed E-state index contributed by atoms with van der Waals surface area (Å²) in [4.78, 5) is 81.5. The number of hydrogen-bond acceptors (Lipinski definition) is 10. The fourth-order valence-corrected chi connectivity index (χ4v) is 7.25. The van der Waals surface area contributed by atoms with Gasteiger partial charge in [0.2, 0.25) is 17.7 Å². The summed E-state index contributed by atoms with van der Waals surface area (Å²) in [5, 5.41) is 18.7. The summed E-state index contributed by atoms with van der Waals surface area (Å²) in [6, 6.07) is 18.8. The number of fused-ring (bicyclic) bond motifs is 2. The zero-order valence-electron chi connectivity index (χ0n) is 32.4. The maximum Gasteiger partial charge on any atom is 0.264 e. The molecule has 6 N–H and O–H groups in total. The Hall–Kier alpha value is -6.31. The molecule has 1 saturated heterocycles. The SMILES string of the molecule is CNC(=O)c1cnc2ccc(NCCCCCCCCCCNC(=O)[C@H](C)Nc3cccc4c3C(=O)N(C3CCC(=O)NC3=O)C4=O)cc2c1Nc1ccccc1. The van der Waals surface area contributed by atoms with Gasteiger partial charge < -0.3 is 26.6 Å². The van der Waals surface area contributed by atoms with E-state index in [-0.39, 0.29) is 35.8 Å². The van der Waals surface area contributed by atoms with Gasteiger partial charge in [-0.1, -0.05) is 62.8 Å². The molecule has 57 heavy (non-hydrogen) atoms. The van der Waals surface area contributed by atoms with Crippen molar-refractivity contribution in [3.8, 4) is 0 Å². The fraction of sp³-hybridized carbons (Fsp3) is 0.372. The van der Waals surface area contributed by atoms with Crippen LogP contribution in [-0.2, 0) is 14.4 Å². The van der Waals surface area contributed by atoms with E-state index in [2.05, 4.69) is 36.9 Å². The van der Waals surface area contributed by atoms with Crippen LogP contribution in [0.2, 0.25) is 0 Å². The molecule has 4 aromatic rings. The number of hydrogen-bond donors (Lipinski definition) is 6. The van der Waals surface area contributed by atoms with Crippen molar-refractivity contribution in [3.63, 3.8) is 0 Å². The van der Waals surface area contributed by atoms with Crippen molar-refractivity contribution in [2.45, 2.75) is 83.2 Å². The first-order valence-electron chi connectivity index (χ1n) is 19.8. The number of piperidine rings is 1. The number of nitrogens with zero attached hydrogens (tertiary/aromatic N) is 2. The van der Waals surface area contributed by atoms with Gasteiger partial charge in [-0.2, -0.15) is 0 Å². The zero-order chi connectivity index (χ0) is 40.3. The van der Waals surface area contributed by atoms with Crippen molar-refractivity contribution < 1.29 is 28.8 Å². The van der Waals surface area contributed by atoms with Gasteiger partial charge >= 0.3 is 0 Å². The molecular formula is C43H50N8O6. The molecule has 2 aliphatic heterocycles. The van der Waals surface area contributed by atoms with E-state index in [4.69, 9.17) is 0 Å². The molecule has 1 aromatic heterocycles. The number of imide groups is 2. The lowest BCUT2D eigenvalue weighted by molar-refractivity contribution is -0.136. The van der Waals surface area contributed by atoms with Crippen LogP contribution in [0.15, 0.2) is 72.9 Å². The second kappa shape index (κ2) is 19.0. The lowest BCUT2D eigenvalue weighted by Crippen LogP contribution is -2.54. The molecule has 1 unspecified atom stereocenters. The van der Waals surface area contributed by atoms with Crippen LogP contribution in [0, 0.1) is 0 Å². The summed E-state index contributed by atoms with van der Waals surface area (Å²) in [6.07, 6.45) is 10.2. The van der Waals surface area contributed by atoms with Crippen LogP contribution in [0.25, 0.3) is 10.9 Å². The smallest absolute Gasteiger partial charge is 0.264 e. The molecule has 6 rings (SSSR count). The number of aromatic nitrogens is 1. The van der Waals surface area contributed by atoms with Gasteiger partial charge in [-0.05, 0) is 68.7 Å². The zero-order valence-corrected chi connectivity index (χ0v) is 32.4. The molecule has 3 heterocycles. The molecule has 1 fully saturated rings. The first kappa shape index (κ1) is 40.4. The average Bonchev–Trinajstić information content (AvgIpc) is 3.47. The molecule has 2 aliphatic rings. The molecule has 0 radical (unpaired) electrons. The predicted molar refractivity (Wildman–Crippen MR) is 219 cm³/mol. The molecule has 14 heteroatoms. The first-order valence-corrected chi connectivity index (χ1v) is 19.8. The number of benzene rings is 3. The van der Waals surface area contributed by atoms with Crippen molar-refractivity contribution in [2.24, 2.45) is 0 Å². The molecule has 0 saturated carbocycles. The summed E-state index contributed by atoms with van der Waals surface area (Å²) in [6.45, 7) is 3.06. The Bertz CT molecular complexity index is 2140. The minimum Gasteiger partial charge on any atom is -0.385 e. The van der Waals surface area contributed by atoms with Crippen molar-refractivity contribution >= 4 is 69.1 Å². The normalized spacial score (nSPS) is 15.5. The van der Waals surface area contributed by atoms with Gasteiger partial charge in [0.25, 0.3) is 17.7 Å². The van der Waals surface area contributed by atoms with Crippen LogP contribution >= 0.6 is 0 Å². The Kier molecular flexibility index (Phi) is 13.5. The minimum absolute atomic E-state index is 0.0401. The Morgan fingerprint density at radius 1 is 0.842 bits per heavy atom. The Morgan fingerprint density at radius 2 is 1.56 bits per heavy atom. The van der Waals surface area contributed by atoms with Gasteiger partial charge in [0.05, 0.1) is 27.9 Å². The highest BCUT2D eigenvalue weighted by molar-refractivity contribution is 6.25. The minimum atomic E-state index is -1.06. The third-order valence-corrected chi connectivity index (χ3v) is 10.3. The fourth-order valence-electron chi connectivity index (χ4n) is 7.25. The van der Waals surface area contributed by atoms with E-state index in [1.807, 2.05) is 48.5 Å². The molecule has 2 atom stereocenters. The van der Waals surface area contributed by atoms with E-state index in [1.165, 1.54) is 6.07 Å². The number of anilines is 4. The molecular weight excluding hydrogens is 725 g/mol. The Labute approximate surface area is 331 Å². The van der Waals surface area contributed by atoms with Crippen molar-refractivity contribution in [1.29, 1.82) is 0 Å². The number of para-hydroxylation sites is 1. The van der Waals surface area contributed by atoms with Gasteiger partial charge in [-0.3, -0.25) is 44.0 Å². The lowest BCUT2D eigenvalue weighted by atomic mass is 10.0. The number of carbonyl (C=O) groups is 6. The standard InChI is InChI=1S/C43H50N8O6/c1-27(48-34-18-14-17-30-37(34)43(57)51(42(30)56)35-21-22-36(52)50-41(35)55)39(53)46-24-13-8-6-4-3-5-7-12-23-45-29-19-20-33-31(25-29)38(32(26-47-33)40(54)44-2)49-28-15-10-9-11-16-28/h9-11,14-20,25-27,35,45,48H,3-8,12-13,21-24H2,1-2H3,(H,44,54)(H,46,53)(H,47,49)(H,50,52,55)/t27-,35?/m0/s1. The van der Waals surface area contributed by atoms with Crippen molar-refractivity contribution in [2.75, 3.05) is 36.1 Å². The van der Waals surface area contributed by atoms with Gasteiger partial charge in [0.15, 0.2) is 0 Å². The van der Waals surface area contributed by atoms with E-state index in [9.17, 15) is 28.8 Å². The molecule has 0 bridgehead atoms. The van der Waals surface area contributed by atoms with E-state index < -0.39 is 35.7 Å². The van der Waals surface area contributed by atoms with E-state index in [0.717, 1.165) is 90.8 Å². The molecule has 0 aliphatic carbocycles. The number of nitrogens with one attached hydrogen (secondary N) is 6. The highest BCUT2D eigenvalue weighted by Crippen LogP contribution is 2.33.